The van der Waals surface area contributed by atoms with Crippen molar-refractivity contribution in [3.8, 4) is 11.8 Å². The van der Waals surface area contributed by atoms with Crippen molar-refractivity contribution in [2.45, 2.75) is 6.92 Å². The van der Waals surface area contributed by atoms with Gasteiger partial charge in [0.05, 0.1) is 17.7 Å². The molecule has 4 heteroatoms. The van der Waals surface area contributed by atoms with E-state index in [2.05, 4.69) is 6.58 Å². The van der Waals surface area contributed by atoms with Crippen LogP contribution in [0.2, 0.25) is 0 Å². The molecular weight excluding hydrogens is 218 g/mol. The lowest BCUT2D eigenvalue weighted by Gasteiger charge is -2.08. The number of nitriles is 1. The van der Waals surface area contributed by atoms with Crippen LogP contribution in [0.25, 0.3) is 0 Å². The summed E-state index contributed by atoms with van der Waals surface area (Å²) in [5, 5.41) is 8.83. The number of hydrogen-bond acceptors (Lipinski definition) is 4. The topological polar surface area (TPSA) is 59.3 Å². The predicted molar refractivity (Wildman–Crippen MR) is 62.4 cm³/mol. The number of carbonyl (C=O) groups is 1. The monoisotopic (exact) mass is 231 g/mol. The highest BCUT2D eigenvalue weighted by Crippen LogP contribution is 2.17. The van der Waals surface area contributed by atoms with Gasteiger partial charge in [0.1, 0.15) is 18.4 Å². The van der Waals surface area contributed by atoms with Gasteiger partial charge in [0, 0.05) is 0 Å². The van der Waals surface area contributed by atoms with Crippen molar-refractivity contribution in [1.82, 2.24) is 0 Å². The summed E-state index contributed by atoms with van der Waals surface area (Å²) in [5.41, 5.74) is 0.642. The van der Waals surface area contributed by atoms with Gasteiger partial charge < -0.3 is 9.47 Å². The van der Waals surface area contributed by atoms with E-state index in [9.17, 15) is 4.79 Å². The molecule has 0 atom stereocenters. The van der Waals surface area contributed by atoms with Crippen LogP contribution in [-0.2, 0) is 9.53 Å². The molecule has 0 amide bonds. The summed E-state index contributed by atoms with van der Waals surface area (Å²) in [6.45, 7) is 5.59. The van der Waals surface area contributed by atoms with E-state index < -0.39 is 5.97 Å². The van der Waals surface area contributed by atoms with Gasteiger partial charge in [-0.25, -0.2) is 4.79 Å². The average Bonchev–Trinajstić information content (AvgIpc) is 2.36. The van der Waals surface area contributed by atoms with Gasteiger partial charge in [-0.05, 0) is 19.1 Å². The van der Waals surface area contributed by atoms with Crippen molar-refractivity contribution in [3.63, 3.8) is 0 Å². The molecule has 0 unspecified atom stereocenters. The summed E-state index contributed by atoms with van der Waals surface area (Å²) < 4.78 is 10.1. The van der Waals surface area contributed by atoms with Crippen molar-refractivity contribution in [2.75, 3.05) is 13.2 Å². The highest BCUT2D eigenvalue weighted by atomic mass is 16.5. The van der Waals surface area contributed by atoms with Crippen molar-refractivity contribution >= 4 is 5.97 Å². The summed E-state index contributed by atoms with van der Waals surface area (Å²) in [7, 11) is 0. The third-order valence-electron chi connectivity index (χ3n) is 1.97. The molecule has 0 fully saturated rings. The van der Waals surface area contributed by atoms with E-state index in [1.54, 1.807) is 31.2 Å². The summed E-state index contributed by atoms with van der Waals surface area (Å²) in [6.07, 6.45) is 0. The van der Waals surface area contributed by atoms with Gasteiger partial charge in [-0.1, -0.05) is 18.7 Å². The van der Waals surface area contributed by atoms with Crippen LogP contribution in [0.1, 0.15) is 12.5 Å². The van der Waals surface area contributed by atoms with E-state index in [0.717, 1.165) is 0 Å². The first-order valence-electron chi connectivity index (χ1n) is 5.15. The molecule has 4 nitrogen and oxygen atoms in total. The van der Waals surface area contributed by atoms with Gasteiger partial charge in [-0.2, -0.15) is 5.26 Å². The molecule has 1 aromatic carbocycles. The van der Waals surface area contributed by atoms with Gasteiger partial charge in [0.15, 0.2) is 0 Å². The van der Waals surface area contributed by atoms with Gasteiger partial charge >= 0.3 is 5.97 Å². The Morgan fingerprint density at radius 2 is 2.18 bits per heavy atom. The molecule has 1 rings (SSSR count). The zero-order valence-electron chi connectivity index (χ0n) is 9.60. The van der Waals surface area contributed by atoms with Crippen molar-refractivity contribution in [3.05, 3.63) is 42.0 Å². The summed E-state index contributed by atoms with van der Waals surface area (Å²) >= 11 is 0. The van der Waals surface area contributed by atoms with Crippen LogP contribution in [0.3, 0.4) is 0 Å². The number of rotatable bonds is 5. The Labute approximate surface area is 100 Å². The second-order valence-corrected chi connectivity index (χ2v) is 3.22. The lowest BCUT2D eigenvalue weighted by molar-refractivity contribution is -0.138. The number of para-hydroxylation sites is 1. The highest BCUT2D eigenvalue weighted by Gasteiger charge is 2.09. The van der Waals surface area contributed by atoms with E-state index in [1.165, 1.54) is 0 Å². The molecule has 17 heavy (non-hydrogen) atoms. The number of hydrogen-bond donors (Lipinski definition) is 0. The number of nitrogens with zero attached hydrogens (tertiary/aromatic N) is 1. The van der Waals surface area contributed by atoms with Crippen LogP contribution in [0.15, 0.2) is 36.4 Å². The van der Waals surface area contributed by atoms with Gasteiger partial charge in [0.2, 0.25) is 0 Å². The lowest BCUT2D eigenvalue weighted by atomic mass is 10.2. The van der Waals surface area contributed by atoms with Crippen LogP contribution in [0.5, 0.6) is 5.75 Å². The molecule has 0 spiro atoms. The summed E-state index contributed by atoms with van der Waals surface area (Å²) in [5.74, 6) is -0.0533. The molecular formula is C13H13NO3. The Kier molecular flexibility index (Phi) is 4.77. The maximum Gasteiger partial charge on any atom is 0.336 e. The Balaban J connectivity index is 2.59. The maximum atomic E-state index is 11.3. The molecule has 0 N–H and O–H groups in total. The molecule has 0 radical (unpaired) electrons. The van der Waals surface area contributed by atoms with E-state index in [1.807, 2.05) is 6.07 Å². The van der Waals surface area contributed by atoms with E-state index in [4.69, 9.17) is 14.7 Å². The molecule has 0 saturated carbocycles. The highest BCUT2D eigenvalue weighted by molar-refractivity contribution is 5.88. The lowest BCUT2D eigenvalue weighted by Crippen LogP contribution is -2.13. The Bertz CT molecular complexity index is 460. The predicted octanol–water partition coefficient (Wildman–Crippen LogP) is 2.06. The van der Waals surface area contributed by atoms with E-state index in [-0.39, 0.29) is 12.2 Å². The quantitative estimate of drug-likeness (QED) is 0.575. The summed E-state index contributed by atoms with van der Waals surface area (Å²) in [6, 6.07) is 8.80. The molecule has 0 aliphatic rings. The molecule has 0 saturated heterocycles. The summed E-state index contributed by atoms with van der Waals surface area (Å²) in [4.78, 5) is 11.3. The fourth-order valence-corrected chi connectivity index (χ4v) is 1.14. The third-order valence-corrected chi connectivity index (χ3v) is 1.97. The van der Waals surface area contributed by atoms with Crippen LogP contribution < -0.4 is 4.74 Å². The second-order valence-electron chi connectivity index (χ2n) is 3.22. The fraction of sp³-hybridized carbons (Fsp3) is 0.231. The van der Waals surface area contributed by atoms with Gasteiger partial charge in [-0.3, -0.25) is 0 Å². The zero-order chi connectivity index (χ0) is 12.7. The van der Waals surface area contributed by atoms with Gasteiger partial charge in [-0.15, -0.1) is 0 Å². The molecule has 0 aromatic heterocycles. The maximum absolute atomic E-state index is 11.3. The van der Waals surface area contributed by atoms with Crippen LogP contribution in [-0.4, -0.2) is 19.2 Å². The van der Waals surface area contributed by atoms with Crippen LogP contribution in [0.4, 0.5) is 0 Å². The molecule has 0 aliphatic carbocycles. The van der Waals surface area contributed by atoms with Crippen molar-refractivity contribution in [2.24, 2.45) is 0 Å². The molecule has 1 aromatic rings. The normalized spacial score (nSPS) is 9.18. The third kappa shape index (κ3) is 3.65. The van der Waals surface area contributed by atoms with Crippen LogP contribution >= 0.6 is 0 Å². The van der Waals surface area contributed by atoms with E-state index >= 15 is 0 Å². The molecule has 88 valence electrons. The molecule has 0 heterocycles. The Hall–Kier alpha value is -2.28. The molecule has 0 aliphatic heterocycles. The minimum Gasteiger partial charge on any atom is -0.487 e. The van der Waals surface area contributed by atoms with Crippen molar-refractivity contribution in [1.29, 1.82) is 5.26 Å². The standard InChI is InChI=1S/C13H13NO3/c1-3-16-13(15)10(2)9-17-12-7-5-4-6-11(12)8-14/h4-7H,2-3,9H2,1H3. The minimum absolute atomic E-state index is 0.0114. The first-order chi connectivity index (χ1) is 8.19. The number of esters is 1. The second kappa shape index (κ2) is 6.33. The molecule has 0 bridgehead atoms. The van der Waals surface area contributed by atoms with Crippen molar-refractivity contribution < 1.29 is 14.3 Å². The first-order valence-corrected chi connectivity index (χ1v) is 5.15. The number of ether oxygens (including phenoxy) is 2. The largest absolute Gasteiger partial charge is 0.487 e. The fourth-order valence-electron chi connectivity index (χ4n) is 1.14. The smallest absolute Gasteiger partial charge is 0.336 e. The Morgan fingerprint density at radius 1 is 1.47 bits per heavy atom. The Morgan fingerprint density at radius 3 is 2.82 bits per heavy atom. The minimum atomic E-state index is -0.484. The number of carbonyl (C=O) groups excluding carboxylic acids is 1. The van der Waals surface area contributed by atoms with E-state index in [0.29, 0.717) is 17.9 Å². The van der Waals surface area contributed by atoms with Gasteiger partial charge in [0.25, 0.3) is 0 Å². The number of benzene rings is 1. The SMILES string of the molecule is C=C(COc1ccccc1C#N)C(=O)OCC. The zero-order valence-corrected chi connectivity index (χ0v) is 9.60. The first kappa shape index (κ1) is 12.8. The average molecular weight is 231 g/mol. The van der Waals surface area contributed by atoms with Crippen LogP contribution in [0, 0.1) is 11.3 Å².